The molecular weight excluding hydrogens is 262 g/mol. The van der Waals surface area contributed by atoms with Crippen LogP contribution in [0.1, 0.15) is 23.4 Å². The number of anilines is 1. The molecule has 82 valence electrons. The first-order chi connectivity index (χ1) is 7.70. The number of thiazole rings is 1. The molecule has 0 saturated carbocycles. The Kier molecular flexibility index (Phi) is 3.44. The van der Waals surface area contributed by atoms with Crippen LogP contribution >= 0.6 is 34.3 Å². The van der Waals surface area contributed by atoms with Crippen molar-refractivity contribution in [1.82, 2.24) is 4.98 Å². The molecule has 1 unspecified atom stereocenters. The maximum Gasteiger partial charge on any atom is 0.185 e. The Hall–Kier alpha value is -1.09. The van der Waals surface area contributed by atoms with E-state index in [1.807, 2.05) is 18.4 Å². The predicted molar refractivity (Wildman–Crippen MR) is 68.2 cm³/mol. The lowest BCUT2D eigenvalue weighted by molar-refractivity contribution is 0.887. The van der Waals surface area contributed by atoms with Gasteiger partial charge in [-0.05, 0) is 29.3 Å². The summed E-state index contributed by atoms with van der Waals surface area (Å²) in [5, 5.41) is 17.0. The van der Waals surface area contributed by atoms with Crippen LogP contribution in [0.15, 0.2) is 16.8 Å². The molecule has 0 aliphatic heterocycles. The molecule has 0 aliphatic rings. The highest BCUT2D eigenvalue weighted by molar-refractivity contribution is 7.16. The van der Waals surface area contributed by atoms with Gasteiger partial charge in [0.15, 0.2) is 10.3 Å². The molecule has 1 atom stereocenters. The van der Waals surface area contributed by atoms with E-state index in [4.69, 9.17) is 16.9 Å². The lowest BCUT2D eigenvalue weighted by Gasteiger charge is -2.10. The van der Waals surface area contributed by atoms with Crippen LogP contribution in [0, 0.1) is 11.3 Å². The van der Waals surface area contributed by atoms with E-state index in [-0.39, 0.29) is 11.2 Å². The van der Waals surface area contributed by atoms with Gasteiger partial charge in [-0.1, -0.05) is 22.9 Å². The summed E-state index contributed by atoms with van der Waals surface area (Å²) in [5.74, 6) is 0. The minimum absolute atomic E-state index is 0.167. The zero-order valence-electron chi connectivity index (χ0n) is 8.40. The molecule has 0 bridgehead atoms. The molecule has 2 rings (SSSR count). The fraction of sp³-hybridized carbons (Fsp3) is 0.200. The molecule has 2 aromatic heterocycles. The van der Waals surface area contributed by atoms with E-state index in [2.05, 4.69) is 21.7 Å². The van der Waals surface area contributed by atoms with Crippen molar-refractivity contribution < 1.29 is 0 Å². The van der Waals surface area contributed by atoms with Crippen molar-refractivity contribution in [3.05, 3.63) is 32.4 Å². The zero-order chi connectivity index (χ0) is 11.5. The van der Waals surface area contributed by atoms with E-state index >= 15 is 0 Å². The highest BCUT2D eigenvalue weighted by Crippen LogP contribution is 2.29. The fourth-order valence-corrected chi connectivity index (χ4v) is 3.01. The van der Waals surface area contributed by atoms with Crippen molar-refractivity contribution in [2.24, 2.45) is 0 Å². The summed E-state index contributed by atoms with van der Waals surface area (Å²) in [5.41, 5.74) is 1.20. The summed E-state index contributed by atoms with van der Waals surface area (Å²) in [4.78, 5) is 4.53. The molecule has 2 heterocycles. The van der Waals surface area contributed by atoms with Gasteiger partial charge in [0.05, 0.1) is 6.04 Å². The van der Waals surface area contributed by atoms with Crippen molar-refractivity contribution in [3.8, 4) is 6.07 Å². The highest BCUT2D eigenvalue weighted by atomic mass is 35.5. The zero-order valence-corrected chi connectivity index (χ0v) is 10.8. The maximum atomic E-state index is 8.76. The van der Waals surface area contributed by atoms with Crippen LogP contribution in [0.25, 0.3) is 0 Å². The van der Waals surface area contributed by atoms with Gasteiger partial charge < -0.3 is 5.32 Å². The quantitative estimate of drug-likeness (QED) is 0.919. The van der Waals surface area contributed by atoms with Crippen LogP contribution in [-0.4, -0.2) is 4.98 Å². The second-order valence-electron chi connectivity index (χ2n) is 3.17. The number of nitrogens with zero attached hydrogens (tertiary/aromatic N) is 2. The van der Waals surface area contributed by atoms with Crippen LogP contribution < -0.4 is 5.32 Å². The Bertz CT molecular complexity index is 513. The first-order valence-electron chi connectivity index (χ1n) is 4.55. The van der Waals surface area contributed by atoms with Gasteiger partial charge in [-0.25, -0.2) is 4.98 Å². The molecule has 0 fully saturated rings. The van der Waals surface area contributed by atoms with E-state index < -0.39 is 0 Å². The molecule has 0 radical (unpaired) electrons. The van der Waals surface area contributed by atoms with Gasteiger partial charge in [-0.3, -0.25) is 0 Å². The summed E-state index contributed by atoms with van der Waals surface area (Å²) in [6.07, 6.45) is 0. The predicted octanol–water partition coefficient (Wildman–Crippen LogP) is 3.90. The van der Waals surface area contributed by atoms with E-state index in [0.29, 0.717) is 10.0 Å². The number of aromatic nitrogens is 1. The molecule has 3 nitrogen and oxygen atoms in total. The van der Waals surface area contributed by atoms with E-state index in [9.17, 15) is 0 Å². The van der Waals surface area contributed by atoms with Gasteiger partial charge in [0.1, 0.15) is 10.9 Å². The Morgan fingerprint density at radius 3 is 3.00 bits per heavy atom. The number of halogens is 1. The average molecular weight is 270 g/mol. The number of nitrogens with one attached hydrogen (secondary N) is 1. The summed E-state index contributed by atoms with van der Waals surface area (Å²) < 4.78 is 0. The molecule has 0 spiro atoms. The summed E-state index contributed by atoms with van der Waals surface area (Å²) in [7, 11) is 0. The van der Waals surface area contributed by atoms with Crippen LogP contribution in [0.3, 0.4) is 0 Å². The first-order valence-corrected chi connectivity index (χ1v) is 6.69. The Labute approximate surface area is 106 Å². The monoisotopic (exact) mass is 269 g/mol. The summed E-state index contributed by atoms with van der Waals surface area (Å²) in [6.45, 7) is 2.05. The third kappa shape index (κ3) is 2.35. The normalized spacial score (nSPS) is 12.1. The second-order valence-corrected chi connectivity index (χ2v) is 5.31. The summed E-state index contributed by atoms with van der Waals surface area (Å²) >= 11 is 8.72. The van der Waals surface area contributed by atoms with Gasteiger partial charge in [0.2, 0.25) is 0 Å². The lowest BCUT2D eigenvalue weighted by atomic mass is 10.2. The number of nitriles is 1. The minimum Gasteiger partial charge on any atom is -0.355 e. The molecule has 0 saturated heterocycles. The third-order valence-electron chi connectivity index (χ3n) is 2.07. The molecule has 0 aliphatic carbocycles. The van der Waals surface area contributed by atoms with Crippen LogP contribution in [0.5, 0.6) is 0 Å². The number of hydrogen-bond donors (Lipinski definition) is 1. The topological polar surface area (TPSA) is 48.7 Å². The van der Waals surface area contributed by atoms with Crippen molar-refractivity contribution in [2.45, 2.75) is 13.0 Å². The van der Waals surface area contributed by atoms with Crippen molar-refractivity contribution in [1.29, 1.82) is 5.26 Å². The average Bonchev–Trinajstić information content (AvgIpc) is 2.87. The van der Waals surface area contributed by atoms with Gasteiger partial charge in [-0.15, -0.1) is 0 Å². The molecule has 16 heavy (non-hydrogen) atoms. The molecular formula is C10H8ClN3S2. The molecule has 1 N–H and O–H groups in total. The molecule has 0 amide bonds. The Balaban J connectivity index is 2.13. The van der Waals surface area contributed by atoms with Gasteiger partial charge >= 0.3 is 0 Å². The van der Waals surface area contributed by atoms with Crippen LogP contribution in [0.4, 0.5) is 5.13 Å². The van der Waals surface area contributed by atoms with Crippen molar-refractivity contribution in [3.63, 3.8) is 0 Å². The van der Waals surface area contributed by atoms with E-state index in [0.717, 1.165) is 0 Å². The van der Waals surface area contributed by atoms with E-state index in [1.165, 1.54) is 16.9 Å². The minimum atomic E-state index is 0.167. The SMILES string of the molecule is CC(Nc1nc(Cl)c(C#N)s1)c1ccsc1. The smallest absolute Gasteiger partial charge is 0.185 e. The lowest BCUT2D eigenvalue weighted by Crippen LogP contribution is -2.04. The highest BCUT2D eigenvalue weighted by Gasteiger charge is 2.11. The Morgan fingerprint density at radius 2 is 2.44 bits per heavy atom. The summed E-state index contributed by atoms with van der Waals surface area (Å²) in [6, 6.07) is 4.23. The van der Waals surface area contributed by atoms with Crippen LogP contribution in [-0.2, 0) is 0 Å². The number of hydrogen-bond acceptors (Lipinski definition) is 5. The van der Waals surface area contributed by atoms with Gasteiger partial charge in [-0.2, -0.15) is 16.6 Å². The number of rotatable bonds is 3. The fourth-order valence-electron chi connectivity index (χ4n) is 1.22. The second kappa shape index (κ2) is 4.83. The van der Waals surface area contributed by atoms with Crippen LogP contribution in [0.2, 0.25) is 5.15 Å². The number of thiophene rings is 1. The maximum absolute atomic E-state index is 8.76. The molecule has 6 heteroatoms. The largest absolute Gasteiger partial charge is 0.355 e. The third-order valence-corrected chi connectivity index (χ3v) is 4.05. The molecule has 2 aromatic rings. The van der Waals surface area contributed by atoms with Crippen molar-refractivity contribution in [2.75, 3.05) is 5.32 Å². The van der Waals surface area contributed by atoms with Gasteiger partial charge in [0, 0.05) is 0 Å². The Morgan fingerprint density at radius 1 is 1.62 bits per heavy atom. The first kappa shape index (κ1) is 11.4. The van der Waals surface area contributed by atoms with E-state index in [1.54, 1.807) is 11.3 Å². The molecule has 0 aromatic carbocycles. The standard InChI is InChI=1S/C10H8ClN3S2/c1-6(7-2-3-15-5-7)13-10-14-9(11)8(4-12)16-10/h2-3,5-6H,1H3,(H,13,14). The van der Waals surface area contributed by atoms with Crippen molar-refractivity contribution >= 4 is 39.4 Å². The van der Waals surface area contributed by atoms with Gasteiger partial charge in [0.25, 0.3) is 0 Å².